The van der Waals surface area contributed by atoms with Crippen LogP contribution in [0.5, 0.6) is 0 Å². The van der Waals surface area contributed by atoms with Gasteiger partial charge in [-0.05, 0) is 35.8 Å². The molecule has 0 aromatic carbocycles. The van der Waals surface area contributed by atoms with E-state index in [0.717, 1.165) is 34.0 Å². The molecule has 2 aromatic heterocycles. The van der Waals surface area contributed by atoms with Crippen molar-refractivity contribution in [1.82, 2.24) is 15.8 Å². The molecule has 0 fully saturated rings. The highest BCUT2D eigenvalue weighted by molar-refractivity contribution is 14.0. The quantitative estimate of drug-likeness (QED) is 0.395. The maximum atomic E-state index is 5.14. The number of guanidine groups is 1. The summed E-state index contributed by atoms with van der Waals surface area (Å²) in [7, 11) is 1.76. The summed E-state index contributed by atoms with van der Waals surface area (Å²) < 4.78 is 6.25. The molecule has 0 saturated heterocycles. The van der Waals surface area contributed by atoms with E-state index in [4.69, 9.17) is 4.52 Å². The highest BCUT2D eigenvalue weighted by Crippen LogP contribution is 2.19. The Kier molecular flexibility index (Phi) is 7.67. The first-order valence-electron chi connectivity index (χ1n) is 6.19. The first kappa shape index (κ1) is 18.4. The van der Waals surface area contributed by atoms with Crippen molar-refractivity contribution in [2.75, 3.05) is 7.05 Å². The van der Waals surface area contributed by atoms with Crippen LogP contribution in [-0.4, -0.2) is 18.2 Å². The Hall–Kier alpha value is -0.610. The molecule has 2 N–H and O–H groups in total. The minimum Gasteiger partial charge on any atom is -0.361 e. The third-order valence-electron chi connectivity index (χ3n) is 2.89. The molecule has 5 nitrogen and oxygen atoms in total. The molecule has 0 radical (unpaired) electrons. The highest BCUT2D eigenvalue weighted by Gasteiger charge is 2.09. The SMILES string of the molecule is CN=C(NCc1cc(Br)cs1)NCc1c(C)noc1C.I. The topological polar surface area (TPSA) is 62.5 Å². The van der Waals surface area contributed by atoms with Crippen molar-refractivity contribution in [1.29, 1.82) is 0 Å². The van der Waals surface area contributed by atoms with Crippen molar-refractivity contribution in [3.63, 3.8) is 0 Å². The largest absolute Gasteiger partial charge is 0.361 e. The van der Waals surface area contributed by atoms with Gasteiger partial charge in [0, 0.05) is 33.9 Å². The zero-order valence-electron chi connectivity index (χ0n) is 12.1. The molecule has 0 aliphatic heterocycles. The number of nitrogens with one attached hydrogen (secondary N) is 2. The number of thiophene rings is 1. The Morgan fingerprint density at radius 3 is 2.62 bits per heavy atom. The lowest BCUT2D eigenvalue weighted by atomic mass is 10.2. The predicted octanol–water partition coefficient (Wildman–Crippen LogP) is 3.60. The molecular weight excluding hydrogens is 467 g/mol. The summed E-state index contributed by atoms with van der Waals surface area (Å²) in [6.07, 6.45) is 0. The Morgan fingerprint density at radius 2 is 2.10 bits per heavy atom. The molecular formula is C13H18BrIN4OS. The Bertz CT molecular complexity index is 592. The number of aliphatic imine (C=N–C) groups is 1. The zero-order valence-corrected chi connectivity index (χ0v) is 16.8. The molecule has 0 unspecified atom stereocenters. The minimum atomic E-state index is 0. The fourth-order valence-electron chi connectivity index (χ4n) is 1.76. The first-order chi connectivity index (χ1) is 9.60. The summed E-state index contributed by atoms with van der Waals surface area (Å²) in [6.45, 7) is 5.25. The fourth-order valence-corrected chi connectivity index (χ4v) is 3.16. The molecule has 0 spiro atoms. The summed E-state index contributed by atoms with van der Waals surface area (Å²) in [6, 6.07) is 2.10. The van der Waals surface area contributed by atoms with Crippen LogP contribution in [0.4, 0.5) is 0 Å². The lowest BCUT2D eigenvalue weighted by Crippen LogP contribution is -2.36. The zero-order chi connectivity index (χ0) is 14.5. The van der Waals surface area contributed by atoms with Crippen molar-refractivity contribution in [2.24, 2.45) is 4.99 Å². The maximum Gasteiger partial charge on any atom is 0.191 e. The van der Waals surface area contributed by atoms with E-state index in [0.29, 0.717) is 6.54 Å². The molecule has 0 saturated carbocycles. The third kappa shape index (κ3) is 5.26. The molecule has 0 aliphatic rings. The van der Waals surface area contributed by atoms with Gasteiger partial charge in [0.15, 0.2) is 5.96 Å². The van der Waals surface area contributed by atoms with E-state index in [-0.39, 0.29) is 24.0 Å². The van der Waals surface area contributed by atoms with Crippen LogP contribution in [0.2, 0.25) is 0 Å². The second-order valence-corrected chi connectivity index (χ2v) is 6.22. The van der Waals surface area contributed by atoms with Crippen molar-refractivity contribution >= 4 is 57.2 Å². The van der Waals surface area contributed by atoms with Gasteiger partial charge in [-0.1, -0.05) is 5.16 Å². The van der Waals surface area contributed by atoms with Gasteiger partial charge in [0.05, 0.1) is 12.2 Å². The normalized spacial score (nSPS) is 11.1. The number of halogens is 2. The lowest BCUT2D eigenvalue weighted by Gasteiger charge is -2.10. The predicted molar refractivity (Wildman–Crippen MR) is 100 cm³/mol. The minimum absolute atomic E-state index is 0. The molecule has 2 rings (SSSR count). The van der Waals surface area contributed by atoms with Gasteiger partial charge in [-0.15, -0.1) is 35.3 Å². The van der Waals surface area contributed by atoms with Gasteiger partial charge < -0.3 is 15.2 Å². The van der Waals surface area contributed by atoms with Gasteiger partial charge >= 0.3 is 0 Å². The van der Waals surface area contributed by atoms with E-state index in [9.17, 15) is 0 Å². The number of hydrogen-bond acceptors (Lipinski definition) is 4. The van der Waals surface area contributed by atoms with Gasteiger partial charge in [-0.2, -0.15) is 0 Å². The Balaban J connectivity index is 0.00000220. The van der Waals surface area contributed by atoms with Crippen LogP contribution in [0, 0.1) is 13.8 Å². The van der Waals surface area contributed by atoms with Crippen LogP contribution in [0.1, 0.15) is 21.9 Å². The molecule has 2 aromatic rings. The van der Waals surface area contributed by atoms with Crippen LogP contribution in [0.3, 0.4) is 0 Å². The molecule has 0 amide bonds. The molecule has 116 valence electrons. The number of hydrogen-bond donors (Lipinski definition) is 2. The highest BCUT2D eigenvalue weighted by atomic mass is 127. The molecule has 2 heterocycles. The third-order valence-corrected chi connectivity index (χ3v) is 4.59. The monoisotopic (exact) mass is 484 g/mol. The van der Waals surface area contributed by atoms with E-state index in [1.54, 1.807) is 18.4 Å². The summed E-state index contributed by atoms with van der Waals surface area (Å²) in [5.74, 6) is 1.60. The van der Waals surface area contributed by atoms with E-state index in [2.05, 4.69) is 48.2 Å². The Labute approximate surface area is 153 Å². The lowest BCUT2D eigenvalue weighted by molar-refractivity contribution is 0.392. The van der Waals surface area contributed by atoms with Gasteiger partial charge in [-0.25, -0.2) is 0 Å². The maximum absolute atomic E-state index is 5.14. The van der Waals surface area contributed by atoms with Gasteiger partial charge in [0.2, 0.25) is 0 Å². The molecule has 0 atom stereocenters. The van der Waals surface area contributed by atoms with Crippen molar-refractivity contribution < 1.29 is 4.52 Å². The second-order valence-electron chi connectivity index (χ2n) is 4.31. The smallest absolute Gasteiger partial charge is 0.191 e. The van der Waals surface area contributed by atoms with Crippen molar-refractivity contribution in [2.45, 2.75) is 26.9 Å². The summed E-state index contributed by atoms with van der Waals surface area (Å²) in [4.78, 5) is 5.45. The number of aryl methyl sites for hydroxylation is 2. The summed E-state index contributed by atoms with van der Waals surface area (Å²) in [5.41, 5.74) is 1.99. The van der Waals surface area contributed by atoms with Crippen molar-refractivity contribution in [3.05, 3.63) is 37.8 Å². The second kappa shape index (κ2) is 8.74. The average molecular weight is 485 g/mol. The number of nitrogens with zero attached hydrogens (tertiary/aromatic N) is 2. The fraction of sp³-hybridized carbons (Fsp3) is 0.385. The number of rotatable bonds is 4. The van der Waals surface area contributed by atoms with E-state index >= 15 is 0 Å². The van der Waals surface area contributed by atoms with E-state index in [1.807, 2.05) is 13.8 Å². The van der Waals surface area contributed by atoms with Crippen LogP contribution < -0.4 is 10.6 Å². The number of aromatic nitrogens is 1. The van der Waals surface area contributed by atoms with Gasteiger partial charge in [-0.3, -0.25) is 4.99 Å². The van der Waals surface area contributed by atoms with Crippen LogP contribution in [-0.2, 0) is 13.1 Å². The molecule has 21 heavy (non-hydrogen) atoms. The molecule has 0 bridgehead atoms. The van der Waals surface area contributed by atoms with Crippen LogP contribution in [0.15, 0.2) is 25.4 Å². The standard InChI is InChI=1S/C13H17BrN4OS.HI/c1-8-12(9(2)19-18-8)6-17-13(15-3)16-5-11-4-10(14)7-20-11;/h4,7H,5-6H2,1-3H3,(H2,15,16,17);1H. The molecule has 8 heteroatoms. The summed E-state index contributed by atoms with van der Waals surface area (Å²) in [5, 5.41) is 12.5. The summed E-state index contributed by atoms with van der Waals surface area (Å²) >= 11 is 5.15. The Morgan fingerprint density at radius 1 is 1.38 bits per heavy atom. The van der Waals surface area contributed by atoms with Gasteiger partial charge in [0.25, 0.3) is 0 Å². The van der Waals surface area contributed by atoms with E-state index < -0.39 is 0 Å². The first-order valence-corrected chi connectivity index (χ1v) is 7.86. The molecule has 0 aliphatic carbocycles. The van der Waals surface area contributed by atoms with Crippen LogP contribution in [0.25, 0.3) is 0 Å². The van der Waals surface area contributed by atoms with Crippen molar-refractivity contribution in [3.8, 4) is 0 Å². The van der Waals surface area contributed by atoms with Gasteiger partial charge in [0.1, 0.15) is 5.76 Å². The van der Waals surface area contributed by atoms with Crippen LogP contribution >= 0.6 is 51.2 Å². The van der Waals surface area contributed by atoms with E-state index in [1.165, 1.54) is 4.88 Å². The average Bonchev–Trinajstić information content (AvgIpc) is 2.98.